The summed E-state index contributed by atoms with van der Waals surface area (Å²) in [4.78, 5) is 61.4. The SMILES string of the molecule is CCCCCCOC(=O)CC[C@@H](NC(=O)CCC(=O)NCCOC1O[C@H](CO)[C@H](O)[C@H](O)[C@H]1NC(C)=O)C(=O)OCCCCCC. The van der Waals surface area contributed by atoms with Crippen molar-refractivity contribution in [3.8, 4) is 0 Å². The molecule has 0 bridgehead atoms. The van der Waals surface area contributed by atoms with Crippen molar-refractivity contribution in [3.05, 3.63) is 0 Å². The molecule has 1 rings (SSSR count). The Kier molecular flexibility index (Phi) is 21.8. The van der Waals surface area contributed by atoms with Gasteiger partial charge in [-0.3, -0.25) is 19.2 Å². The van der Waals surface area contributed by atoms with Crippen LogP contribution in [0.25, 0.3) is 0 Å². The third kappa shape index (κ3) is 17.2. The third-order valence-corrected chi connectivity index (χ3v) is 7.30. The first-order valence-corrected chi connectivity index (χ1v) is 16.4. The molecular formula is C31H55N3O12. The van der Waals surface area contributed by atoms with Gasteiger partial charge in [-0.05, 0) is 19.3 Å². The maximum Gasteiger partial charge on any atom is 0.328 e. The van der Waals surface area contributed by atoms with Crippen LogP contribution in [0.1, 0.15) is 97.8 Å². The van der Waals surface area contributed by atoms with Crippen LogP contribution in [0.5, 0.6) is 0 Å². The van der Waals surface area contributed by atoms with E-state index in [1.54, 1.807) is 0 Å². The quantitative estimate of drug-likeness (QED) is 0.0610. The van der Waals surface area contributed by atoms with Crippen molar-refractivity contribution in [1.82, 2.24) is 16.0 Å². The van der Waals surface area contributed by atoms with E-state index in [2.05, 4.69) is 29.8 Å². The molecule has 6 atom stereocenters. The molecule has 0 aromatic rings. The molecule has 1 saturated heterocycles. The molecule has 1 aliphatic rings. The van der Waals surface area contributed by atoms with Gasteiger partial charge in [0.1, 0.15) is 30.4 Å². The summed E-state index contributed by atoms with van der Waals surface area (Å²) in [7, 11) is 0. The van der Waals surface area contributed by atoms with Crippen LogP contribution in [0.3, 0.4) is 0 Å². The van der Waals surface area contributed by atoms with Crippen LogP contribution in [0.15, 0.2) is 0 Å². The summed E-state index contributed by atoms with van der Waals surface area (Å²) in [5.41, 5.74) is 0. The van der Waals surface area contributed by atoms with Gasteiger partial charge in [0, 0.05) is 32.7 Å². The Bertz CT molecular complexity index is 921. The second kappa shape index (κ2) is 24.3. The topological polar surface area (TPSA) is 219 Å². The summed E-state index contributed by atoms with van der Waals surface area (Å²) in [6, 6.07) is -2.18. The number of aliphatic hydroxyl groups excluding tert-OH is 3. The highest BCUT2D eigenvalue weighted by molar-refractivity contribution is 5.87. The van der Waals surface area contributed by atoms with Crippen molar-refractivity contribution in [2.45, 2.75) is 135 Å². The van der Waals surface area contributed by atoms with Gasteiger partial charge in [0.2, 0.25) is 17.7 Å². The van der Waals surface area contributed by atoms with Gasteiger partial charge >= 0.3 is 11.9 Å². The van der Waals surface area contributed by atoms with Crippen molar-refractivity contribution in [2.75, 3.05) is 33.0 Å². The van der Waals surface area contributed by atoms with Crippen molar-refractivity contribution in [2.24, 2.45) is 0 Å². The molecule has 15 nitrogen and oxygen atoms in total. The molecule has 1 aliphatic heterocycles. The van der Waals surface area contributed by atoms with E-state index in [1.807, 2.05) is 0 Å². The molecule has 0 aliphatic carbocycles. The summed E-state index contributed by atoms with van der Waals surface area (Å²) in [6.45, 7) is 5.16. The van der Waals surface area contributed by atoms with Crippen molar-refractivity contribution < 1.29 is 58.2 Å². The number of carbonyl (C=O) groups excluding carboxylic acids is 5. The Labute approximate surface area is 271 Å². The monoisotopic (exact) mass is 661 g/mol. The summed E-state index contributed by atoms with van der Waals surface area (Å²) in [6.07, 6.45) is 1.72. The Morgan fingerprint density at radius 2 is 1.43 bits per heavy atom. The number of nitrogens with one attached hydrogen (secondary N) is 3. The second-order valence-electron chi connectivity index (χ2n) is 11.3. The first-order chi connectivity index (χ1) is 22.0. The first-order valence-electron chi connectivity index (χ1n) is 16.4. The minimum absolute atomic E-state index is 0.00242. The number of unbranched alkanes of at least 4 members (excludes halogenated alkanes) is 6. The fourth-order valence-corrected chi connectivity index (χ4v) is 4.66. The summed E-state index contributed by atoms with van der Waals surface area (Å²) in [5.74, 6) is -2.66. The maximum absolute atomic E-state index is 12.7. The zero-order chi connectivity index (χ0) is 34.3. The Morgan fingerprint density at radius 3 is 2.04 bits per heavy atom. The minimum Gasteiger partial charge on any atom is -0.466 e. The van der Waals surface area contributed by atoms with Crippen molar-refractivity contribution in [1.29, 1.82) is 0 Å². The highest BCUT2D eigenvalue weighted by Crippen LogP contribution is 2.22. The number of rotatable bonds is 24. The molecule has 0 aromatic carbocycles. The Hall–Kier alpha value is -2.85. The average molecular weight is 662 g/mol. The third-order valence-electron chi connectivity index (χ3n) is 7.30. The lowest BCUT2D eigenvalue weighted by Gasteiger charge is -2.42. The number of ether oxygens (including phenoxy) is 4. The van der Waals surface area contributed by atoms with E-state index in [9.17, 15) is 39.3 Å². The van der Waals surface area contributed by atoms with E-state index in [-0.39, 0.29) is 45.4 Å². The van der Waals surface area contributed by atoms with Crippen LogP contribution in [0.2, 0.25) is 0 Å². The van der Waals surface area contributed by atoms with Crippen LogP contribution >= 0.6 is 0 Å². The molecular weight excluding hydrogens is 606 g/mol. The molecule has 266 valence electrons. The van der Waals surface area contributed by atoms with Crippen LogP contribution in [0.4, 0.5) is 0 Å². The highest BCUT2D eigenvalue weighted by atomic mass is 16.7. The lowest BCUT2D eigenvalue weighted by atomic mass is 9.97. The fraction of sp³-hybridized carbons (Fsp3) is 0.839. The number of carbonyl (C=O) groups is 5. The second-order valence-corrected chi connectivity index (χ2v) is 11.3. The van der Waals surface area contributed by atoms with E-state index in [0.29, 0.717) is 13.0 Å². The Morgan fingerprint density at radius 1 is 0.804 bits per heavy atom. The Balaban J connectivity index is 2.53. The van der Waals surface area contributed by atoms with Gasteiger partial charge in [0.15, 0.2) is 6.29 Å². The average Bonchev–Trinajstić information content (AvgIpc) is 3.02. The van der Waals surface area contributed by atoms with E-state index >= 15 is 0 Å². The van der Waals surface area contributed by atoms with Gasteiger partial charge in [-0.25, -0.2) is 4.79 Å². The van der Waals surface area contributed by atoms with Gasteiger partial charge < -0.3 is 50.2 Å². The molecule has 0 saturated carbocycles. The molecule has 1 heterocycles. The van der Waals surface area contributed by atoms with E-state index in [0.717, 1.165) is 44.9 Å². The van der Waals surface area contributed by atoms with Crippen LogP contribution in [0, 0.1) is 0 Å². The standard InChI is InChI=1S/C31H55N3O12/c1-4-6-8-10-17-43-26(39)15-12-22(30(42)44-18-11-9-7-5-2)34-25(38)14-13-24(37)32-16-19-45-31-27(33-21(3)36)29(41)28(40)23(20-35)46-31/h22-23,27-29,31,35,40-41H,4-20H2,1-3H3,(H,32,37)(H,33,36)(H,34,38)/t22-,23-,27-,28+,29-,31?/m1/s1. The minimum atomic E-state index is -1.46. The fourth-order valence-electron chi connectivity index (χ4n) is 4.66. The molecule has 0 radical (unpaired) electrons. The number of aliphatic hydroxyl groups is 3. The van der Waals surface area contributed by atoms with Crippen LogP contribution in [-0.2, 0) is 42.9 Å². The molecule has 0 spiro atoms. The molecule has 6 N–H and O–H groups in total. The zero-order valence-corrected chi connectivity index (χ0v) is 27.5. The normalized spacial score (nSPS) is 21.6. The molecule has 46 heavy (non-hydrogen) atoms. The van der Waals surface area contributed by atoms with E-state index in [4.69, 9.17) is 18.9 Å². The lowest BCUT2D eigenvalue weighted by molar-refractivity contribution is -0.269. The largest absolute Gasteiger partial charge is 0.466 e. The first kappa shape index (κ1) is 41.2. The predicted octanol–water partition coefficient (Wildman–Crippen LogP) is 0.355. The molecule has 0 aromatic heterocycles. The van der Waals surface area contributed by atoms with Gasteiger partial charge in [-0.15, -0.1) is 0 Å². The summed E-state index contributed by atoms with van der Waals surface area (Å²) < 4.78 is 21.6. The van der Waals surface area contributed by atoms with Crippen LogP contribution in [-0.4, -0.2) is 115 Å². The highest BCUT2D eigenvalue weighted by Gasteiger charge is 2.45. The molecule has 3 amide bonds. The summed E-state index contributed by atoms with van der Waals surface area (Å²) >= 11 is 0. The van der Waals surface area contributed by atoms with Gasteiger partial charge in [0.05, 0.1) is 26.4 Å². The van der Waals surface area contributed by atoms with Crippen LogP contribution < -0.4 is 16.0 Å². The van der Waals surface area contributed by atoms with Crippen molar-refractivity contribution in [3.63, 3.8) is 0 Å². The van der Waals surface area contributed by atoms with E-state index in [1.165, 1.54) is 6.92 Å². The maximum atomic E-state index is 12.7. The predicted molar refractivity (Wildman–Crippen MR) is 165 cm³/mol. The van der Waals surface area contributed by atoms with E-state index < -0.39 is 73.0 Å². The lowest BCUT2D eigenvalue weighted by Crippen LogP contribution is -2.64. The van der Waals surface area contributed by atoms with Crippen molar-refractivity contribution >= 4 is 29.7 Å². The van der Waals surface area contributed by atoms with Gasteiger partial charge in [-0.2, -0.15) is 0 Å². The number of amides is 3. The summed E-state index contributed by atoms with van der Waals surface area (Å²) in [5, 5.41) is 37.4. The number of hydrogen-bond acceptors (Lipinski definition) is 12. The zero-order valence-electron chi connectivity index (χ0n) is 27.5. The van der Waals surface area contributed by atoms with Gasteiger partial charge in [-0.1, -0.05) is 52.4 Å². The van der Waals surface area contributed by atoms with Gasteiger partial charge in [0.25, 0.3) is 0 Å². The molecule has 1 unspecified atom stereocenters. The number of hydrogen-bond donors (Lipinski definition) is 6. The molecule has 1 fully saturated rings. The smallest absolute Gasteiger partial charge is 0.328 e. The molecule has 15 heteroatoms. The number of esters is 2.